The zero-order valence-corrected chi connectivity index (χ0v) is 11.8. The van der Waals surface area contributed by atoms with Crippen LogP contribution in [0, 0.1) is 17.8 Å². The van der Waals surface area contributed by atoms with Crippen LogP contribution in [-0.4, -0.2) is 12.1 Å². The minimum Gasteiger partial charge on any atom is -0.445 e. The Morgan fingerprint density at radius 1 is 1.20 bits per heavy atom. The summed E-state index contributed by atoms with van der Waals surface area (Å²) in [5.74, 6) is 1.58. The molecule has 3 nitrogen and oxygen atoms in total. The summed E-state index contributed by atoms with van der Waals surface area (Å²) >= 11 is 0. The monoisotopic (exact) mass is 271 g/mol. The van der Waals surface area contributed by atoms with Gasteiger partial charge in [0.05, 0.1) is 0 Å². The molecule has 1 N–H and O–H groups in total. The van der Waals surface area contributed by atoms with Gasteiger partial charge in [-0.3, -0.25) is 0 Å². The molecular weight excluding hydrogens is 250 g/mol. The first-order valence-electron chi connectivity index (χ1n) is 7.39. The van der Waals surface area contributed by atoms with Crippen LogP contribution < -0.4 is 5.32 Å². The van der Waals surface area contributed by atoms with Gasteiger partial charge in [0.15, 0.2) is 0 Å². The Balaban J connectivity index is 1.53. The van der Waals surface area contributed by atoms with E-state index in [0.717, 1.165) is 5.56 Å². The highest BCUT2D eigenvalue weighted by Crippen LogP contribution is 2.40. The Morgan fingerprint density at radius 2 is 1.90 bits per heavy atom. The maximum atomic E-state index is 11.9. The Kier molecular flexibility index (Phi) is 3.77. The van der Waals surface area contributed by atoms with Gasteiger partial charge in [0.1, 0.15) is 6.61 Å². The average molecular weight is 271 g/mol. The molecule has 1 aromatic rings. The molecule has 106 valence electrons. The van der Waals surface area contributed by atoms with Crippen LogP contribution in [0.5, 0.6) is 0 Å². The van der Waals surface area contributed by atoms with Crippen LogP contribution in [0.15, 0.2) is 42.5 Å². The molecule has 0 saturated heterocycles. The fourth-order valence-corrected chi connectivity index (χ4v) is 3.40. The first-order chi connectivity index (χ1) is 9.74. The third kappa shape index (κ3) is 2.72. The molecule has 3 aliphatic rings. The first kappa shape index (κ1) is 13.2. The molecule has 0 unspecified atom stereocenters. The van der Waals surface area contributed by atoms with E-state index in [1.807, 2.05) is 30.3 Å². The second-order valence-electron chi connectivity index (χ2n) is 5.88. The van der Waals surface area contributed by atoms with Gasteiger partial charge in [-0.1, -0.05) is 49.4 Å². The number of hydrogen-bond donors (Lipinski definition) is 1. The number of allylic oxidation sites excluding steroid dienone is 1. The molecule has 1 saturated carbocycles. The summed E-state index contributed by atoms with van der Waals surface area (Å²) in [6.45, 7) is 2.56. The van der Waals surface area contributed by atoms with Crippen molar-refractivity contribution >= 4 is 6.09 Å². The third-order valence-corrected chi connectivity index (χ3v) is 4.64. The maximum Gasteiger partial charge on any atom is 0.407 e. The Morgan fingerprint density at radius 3 is 2.55 bits per heavy atom. The second-order valence-corrected chi connectivity index (χ2v) is 5.88. The molecule has 2 bridgehead atoms. The molecular formula is C17H21NO2. The van der Waals surface area contributed by atoms with Crippen molar-refractivity contribution < 1.29 is 9.53 Å². The van der Waals surface area contributed by atoms with Crippen LogP contribution in [0.1, 0.15) is 25.3 Å². The highest BCUT2D eigenvalue weighted by Gasteiger charge is 2.38. The minimum atomic E-state index is -0.299. The van der Waals surface area contributed by atoms with Crippen molar-refractivity contribution in [1.29, 1.82) is 0 Å². The van der Waals surface area contributed by atoms with Crippen LogP contribution >= 0.6 is 0 Å². The van der Waals surface area contributed by atoms with E-state index in [1.54, 1.807) is 0 Å². The maximum absolute atomic E-state index is 11.9. The molecule has 4 atom stereocenters. The van der Waals surface area contributed by atoms with Gasteiger partial charge >= 0.3 is 6.09 Å². The van der Waals surface area contributed by atoms with Crippen molar-refractivity contribution in [3.63, 3.8) is 0 Å². The number of benzene rings is 1. The van der Waals surface area contributed by atoms with Crippen molar-refractivity contribution in [3.05, 3.63) is 48.0 Å². The molecule has 1 aromatic carbocycles. The fraction of sp³-hybridized carbons (Fsp3) is 0.471. The van der Waals surface area contributed by atoms with Gasteiger partial charge in [0.2, 0.25) is 0 Å². The van der Waals surface area contributed by atoms with E-state index in [9.17, 15) is 4.79 Å². The van der Waals surface area contributed by atoms with Gasteiger partial charge in [0, 0.05) is 6.04 Å². The third-order valence-electron chi connectivity index (χ3n) is 4.64. The van der Waals surface area contributed by atoms with Gasteiger partial charge in [-0.25, -0.2) is 4.79 Å². The molecule has 0 aromatic heterocycles. The number of carbonyl (C=O) groups is 1. The summed E-state index contributed by atoms with van der Waals surface area (Å²) in [5, 5.41) is 3.06. The highest BCUT2D eigenvalue weighted by molar-refractivity contribution is 5.67. The predicted molar refractivity (Wildman–Crippen MR) is 78.1 cm³/mol. The summed E-state index contributed by atoms with van der Waals surface area (Å²) in [5.41, 5.74) is 1.01. The Hall–Kier alpha value is -1.77. The van der Waals surface area contributed by atoms with Gasteiger partial charge in [0.25, 0.3) is 0 Å². The van der Waals surface area contributed by atoms with Crippen LogP contribution in [0.3, 0.4) is 0 Å². The van der Waals surface area contributed by atoms with Crippen molar-refractivity contribution in [1.82, 2.24) is 5.32 Å². The van der Waals surface area contributed by atoms with E-state index in [4.69, 9.17) is 4.74 Å². The number of carbonyl (C=O) groups excluding carboxylic acids is 1. The lowest BCUT2D eigenvalue weighted by atomic mass is 9.66. The minimum absolute atomic E-state index is 0.224. The molecule has 4 rings (SSSR count). The van der Waals surface area contributed by atoms with Crippen LogP contribution in [0.2, 0.25) is 0 Å². The number of alkyl carbamates (subject to hydrolysis) is 1. The van der Waals surface area contributed by atoms with Gasteiger partial charge in [-0.2, -0.15) is 0 Å². The zero-order valence-electron chi connectivity index (χ0n) is 11.8. The molecule has 1 fully saturated rings. The van der Waals surface area contributed by atoms with Crippen LogP contribution in [0.4, 0.5) is 4.79 Å². The normalized spacial score (nSPS) is 31.1. The molecule has 3 heteroatoms. The molecule has 0 spiro atoms. The van der Waals surface area contributed by atoms with E-state index < -0.39 is 0 Å². The smallest absolute Gasteiger partial charge is 0.407 e. The molecule has 0 radical (unpaired) electrons. The second kappa shape index (κ2) is 5.70. The van der Waals surface area contributed by atoms with Crippen molar-refractivity contribution in [2.45, 2.75) is 32.4 Å². The molecule has 3 aliphatic carbocycles. The lowest BCUT2D eigenvalue weighted by Crippen LogP contribution is -2.50. The van der Waals surface area contributed by atoms with E-state index in [2.05, 4.69) is 24.4 Å². The SMILES string of the molecule is C[C@H]1[C@@H](NC(=O)OCc2ccccc2)[C@@H]2C=C[C@H]1CC2. The summed E-state index contributed by atoms with van der Waals surface area (Å²) < 4.78 is 5.31. The van der Waals surface area contributed by atoms with E-state index in [0.29, 0.717) is 24.4 Å². The van der Waals surface area contributed by atoms with Gasteiger partial charge < -0.3 is 10.1 Å². The average Bonchev–Trinajstić information content (AvgIpc) is 2.50. The van der Waals surface area contributed by atoms with Crippen LogP contribution in [0.25, 0.3) is 0 Å². The molecule has 0 aliphatic heterocycles. The highest BCUT2D eigenvalue weighted by atomic mass is 16.5. The summed E-state index contributed by atoms with van der Waals surface area (Å²) in [7, 11) is 0. The van der Waals surface area contributed by atoms with E-state index in [-0.39, 0.29) is 12.1 Å². The number of nitrogens with one attached hydrogen (secondary N) is 1. The van der Waals surface area contributed by atoms with Gasteiger partial charge in [-0.15, -0.1) is 0 Å². The first-order valence-corrected chi connectivity index (χ1v) is 7.39. The summed E-state index contributed by atoms with van der Waals surface area (Å²) in [6, 6.07) is 9.99. The summed E-state index contributed by atoms with van der Waals surface area (Å²) in [4.78, 5) is 11.9. The zero-order chi connectivity index (χ0) is 13.9. The van der Waals surface area contributed by atoms with E-state index in [1.165, 1.54) is 12.8 Å². The number of amides is 1. The lowest BCUT2D eigenvalue weighted by Gasteiger charge is -2.43. The number of hydrogen-bond acceptors (Lipinski definition) is 2. The fourth-order valence-electron chi connectivity index (χ4n) is 3.40. The standard InChI is InChI=1S/C17H21NO2/c1-12-14-7-9-15(10-8-14)16(12)18-17(19)20-11-13-5-3-2-4-6-13/h2-7,9,12,14-16H,8,10-11H2,1H3,(H,18,19)/t12-,14+,15-,16-/m1/s1. The topological polar surface area (TPSA) is 38.3 Å². The summed E-state index contributed by atoms with van der Waals surface area (Å²) in [6.07, 6.45) is 6.70. The van der Waals surface area contributed by atoms with Crippen molar-refractivity contribution in [2.24, 2.45) is 17.8 Å². The molecule has 1 amide bonds. The predicted octanol–water partition coefficient (Wildman–Crippen LogP) is 3.51. The number of ether oxygens (including phenoxy) is 1. The van der Waals surface area contributed by atoms with Gasteiger partial charge in [-0.05, 0) is 36.2 Å². The lowest BCUT2D eigenvalue weighted by molar-refractivity contribution is 0.111. The Labute approximate surface area is 120 Å². The van der Waals surface area contributed by atoms with Crippen molar-refractivity contribution in [2.75, 3.05) is 0 Å². The van der Waals surface area contributed by atoms with Crippen LogP contribution in [-0.2, 0) is 11.3 Å². The largest absolute Gasteiger partial charge is 0.445 e. The van der Waals surface area contributed by atoms with E-state index >= 15 is 0 Å². The molecule has 0 heterocycles. The number of fused-ring (bicyclic) bond motifs is 2. The van der Waals surface area contributed by atoms with Crippen molar-refractivity contribution in [3.8, 4) is 0 Å². The molecule has 20 heavy (non-hydrogen) atoms. The quantitative estimate of drug-likeness (QED) is 0.854. The number of rotatable bonds is 3. The Bertz CT molecular complexity index is 497.